The Bertz CT molecular complexity index is 654. The van der Waals surface area contributed by atoms with Crippen LogP contribution >= 0.6 is 22.6 Å². The van der Waals surface area contributed by atoms with Gasteiger partial charge in [-0.2, -0.15) is 5.10 Å². The molecule has 0 bridgehead atoms. The highest BCUT2D eigenvalue weighted by Crippen LogP contribution is 2.16. The first-order valence-corrected chi connectivity index (χ1v) is 7.80. The van der Waals surface area contributed by atoms with Crippen LogP contribution in [0.3, 0.4) is 0 Å². The maximum absolute atomic E-state index is 13.0. The molecule has 0 aliphatic heterocycles. The molecule has 0 atom stereocenters. The molecule has 0 radical (unpaired) electrons. The zero-order valence-corrected chi connectivity index (χ0v) is 14.1. The number of hydrogen-bond acceptors (Lipinski definition) is 2. The standard InChI is InChI=1S/C15H17FIN3O/c1-10-15(17)11(2)20(19-10)8-4-7-14(21)18-13-6-3-5-12(16)9-13/h3,5-6,9H,4,7-8H2,1-2H3,(H,18,21). The van der Waals surface area contributed by atoms with Crippen LogP contribution in [0.1, 0.15) is 24.2 Å². The molecule has 1 amide bonds. The van der Waals surface area contributed by atoms with Crippen LogP contribution in [0.2, 0.25) is 0 Å². The molecule has 0 unspecified atom stereocenters. The minimum absolute atomic E-state index is 0.114. The minimum Gasteiger partial charge on any atom is -0.326 e. The number of halogens is 2. The minimum atomic E-state index is -0.356. The fraction of sp³-hybridized carbons (Fsp3) is 0.333. The predicted molar refractivity (Wildman–Crippen MR) is 88.7 cm³/mol. The summed E-state index contributed by atoms with van der Waals surface area (Å²) in [7, 11) is 0. The molecule has 0 aliphatic carbocycles. The molecule has 0 saturated carbocycles. The van der Waals surface area contributed by atoms with Crippen LogP contribution in [-0.4, -0.2) is 15.7 Å². The summed E-state index contributed by atoms with van der Waals surface area (Å²) in [6, 6.07) is 5.90. The van der Waals surface area contributed by atoms with E-state index in [2.05, 4.69) is 33.0 Å². The van der Waals surface area contributed by atoms with Gasteiger partial charge in [-0.3, -0.25) is 9.48 Å². The van der Waals surface area contributed by atoms with Crippen molar-refractivity contribution in [1.82, 2.24) is 9.78 Å². The Kier molecular flexibility index (Phi) is 5.33. The molecule has 6 heteroatoms. The number of aryl methyl sites for hydroxylation is 2. The van der Waals surface area contributed by atoms with Crippen molar-refractivity contribution in [3.63, 3.8) is 0 Å². The van der Waals surface area contributed by atoms with E-state index in [1.165, 1.54) is 12.1 Å². The van der Waals surface area contributed by atoms with Crippen LogP contribution in [0.5, 0.6) is 0 Å². The van der Waals surface area contributed by atoms with E-state index >= 15 is 0 Å². The number of carbonyl (C=O) groups excluding carboxylic acids is 1. The highest BCUT2D eigenvalue weighted by molar-refractivity contribution is 14.1. The summed E-state index contributed by atoms with van der Waals surface area (Å²) in [4.78, 5) is 11.8. The first kappa shape index (κ1) is 15.9. The summed E-state index contributed by atoms with van der Waals surface area (Å²) >= 11 is 2.27. The third-order valence-corrected chi connectivity index (χ3v) is 4.74. The number of benzene rings is 1. The van der Waals surface area contributed by atoms with Crippen LogP contribution in [0.25, 0.3) is 0 Å². The fourth-order valence-corrected chi connectivity index (χ4v) is 2.46. The van der Waals surface area contributed by atoms with Crippen molar-refractivity contribution in [3.05, 3.63) is 45.0 Å². The number of amides is 1. The topological polar surface area (TPSA) is 46.9 Å². The summed E-state index contributed by atoms with van der Waals surface area (Å²) in [6.07, 6.45) is 1.07. The van der Waals surface area contributed by atoms with Gasteiger partial charge in [0.1, 0.15) is 5.82 Å². The zero-order chi connectivity index (χ0) is 15.4. The summed E-state index contributed by atoms with van der Waals surface area (Å²) in [5, 5.41) is 7.12. The van der Waals surface area contributed by atoms with E-state index in [9.17, 15) is 9.18 Å². The lowest BCUT2D eigenvalue weighted by Crippen LogP contribution is -2.13. The SMILES string of the molecule is Cc1nn(CCCC(=O)Nc2cccc(F)c2)c(C)c1I. The van der Waals surface area contributed by atoms with Crippen LogP contribution in [-0.2, 0) is 11.3 Å². The van der Waals surface area contributed by atoms with Gasteiger partial charge >= 0.3 is 0 Å². The number of aromatic nitrogens is 2. The van der Waals surface area contributed by atoms with Crippen molar-refractivity contribution in [2.24, 2.45) is 0 Å². The molecule has 21 heavy (non-hydrogen) atoms. The third kappa shape index (κ3) is 4.26. The van der Waals surface area contributed by atoms with E-state index in [1.807, 2.05) is 18.5 Å². The number of rotatable bonds is 5. The smallest absolute Gasteiger partial charge is 0.224 e. The molecule has 2 rings (SSSR count). The van der Waals surface area contributed by atoms with E-state index in [0.717, 1.165) is 15.0 Å². The van der Waals surface area contributed by atoms with Crippen LogP contribution < -0.4 is 5.32 Å². The van der Waals surface area contributed by atoms with Gasteiger partial charge < -0.3 is 5.32 Å². The van der Waals surface area contributed by atoms with Gasteiger partial charge in [0.25, 0.3) is 0 Å². The van der Waals surface area contributed by atoms with E-state index < -0.39 is 0 Å². The molecule has 4 nitrogen and oxygen atoms in total. The molecular weight excluding hydrogens is 384 g/mol. The molecule has 0 fully saturated rings. The second-order valence-corrected chi connectivity index (χ2v) is 5.95. The van der Waals surface area contributed by atoms with Gasteiger partial charge in [-0.25, -0.2) is 4.39 Å². The Hall–Kier alpha value is -1.44. The number of nitrogens with one attached hydrogen (secondary N) is 1. The molecule has 112 valence electrons. The molecule has 0 spiro atoms. The lowest BCUT2D eigenvalue weighted by molar-refractivity contribution is -0.116. The van der Waals surface area contributed by atoms with Gasteiger partial charge in [0, 0.05) is 24.3 Å². The number of hydrogen-bond donors (Lipinski definition) is 1. The monoisotopic (exact) mass is 401 g/mol. The van der Waals surface area contributed by atoms with Gasteiger partial charge in [-0.1, -0.05) is 6.07 Å². The van der Waals surface area contributed by atoms with Crippen molar-refractivity contribution in [2.75, 3.05) is 5.32 Å². The van der Waals surface area contributed by atoms with Crippen molar-refractivity contribution < 1.29 is 9.18 Å². The summed E-state index contributed by atoms with van der Waals surface area (Å²) in [5.74, 6) is -0.471. The highest BCUT2D eigenvalue weighted by atomic mass is 127. The normalized spacial score (nSPS) is 10.7. The Morgan fingerprint density at radius 1 is 1.43 bits per heavy atom. The third-order valence-electron chi connectivity index (χ3n) is 3.18. The predicted octanol–water partition coefficient (Wildman–Crippen LogP) is 3.66. The Balaban J connectivity index is 1.83. The largest absolute Gasteiger partial charge is 0.326 e. The molecule has 2 aromatic rings. The Morgan fingerprint density at radius 2 is 2.19 bits per heavy atom. The van der Waals surface area contributed by atoms with Crippen LogP contribution in [0.4, 0.5) is 10.1 Å². The van der Waals surface area contributed by atoms with Crippen molar-refractivity contribution in [2.45, 2.75) is 33.2 Å². The van der Waals surface area contributed by atoms with E-state index in [1.54, 1.807) is 12.1 Å². The maximum Gasteiger partial charge on any atom is 0.224 e. The lowest BCUT2D eigenvalue weighted by atomic mass is 10.2. The molecule has 1 aromatic carbocycles. The van der Waals surface area contributed by atoms with Crippen LogP contribution in [0, 0.1) is 23.2 Å². The van der Waals surface area contributed by atoms with Gasteiger partial charge in [0.15, 0.2) is 0 Å². The van der Waals surface area contributed by atoms with E-state index in [-0.39, 0.29) is 11.7 Å². The summed E-state index contributed by atoms with van der Waals surface area (Å²) in [6.45, 7) is 4.70. The number of anilines is 1. The first-order chi connectivity index (χ1) is 9.97. The number of carbonyl (C=O) groups is 1. The van der Waals surface area contributed by atoms with Gasteiger partial charge in [-0.15, -0.1) is 0 Å². The van der Waals surface area contributed by atoms with Crippen molar-refractivity contribution in [3.8, 4) is 0 Å². The summed E-state index contributed by atoms with van der Waals surface area (Å²) in [5.41, 5.74) is 2.62. The zero-order valence-electron chi connectivity index (χ0n) is 12.0. The molecule has 0 saturated heterocycles. The second-order valence-electron chi connectivity index (χ2n) is 4.87. The van der Waals surface area contributed by atoms with Crippen LogP contribution in [0.15, 0.2) is 24.3 Å². The Labute approximate surface area is 136 Å². The van der Waals surface area contributed by atoms with E-state index in [0.29, 0.717) is 25.1 Å². The van der Waals surface area contributed by atoms with Crippen molar-refractivity contribution >= 4 is 34.2 Å². The molecule has 1 aromatic heterocycles. The average molecular weight is 401 g/mol. The number of nitrogens with zero attached hydrogens (tertiary/aromatic N) is 2. The van der Waals surface area contributed by atoms with Gasteiger partial charge in [0.05, 0.1) is 9.26 Å². The van der Waals surface area contributed by atoms with Gasteiger partial charge in [0.2, 0.25) is 5.91 Å². The summed E-state index contributed by atoms with van der Waals surface area (Å²) < 4.78 is 16.1. The highest BCUT2D eigenvalue weighted by Gasteiger charge is 2.09. The van der Waals surface area contributed by atoms with E-state index in [4.69, 9.17) is 0 Å². The second kappa shape index (κ2) is 7.02. The lowest BCUT2D eigenvalue weighted by Gasteiger charge is -2.06. The quantitative estimate of drug-likeness (QED) is 0.778. The fourth-order valence-electron chi connectivity index (χ4n) is 2.07. The average Bonchev–Trinajstić information content (AvgIpc) is 2.66. The Morgan fingerprint density at radius 3 is 2.81 bits per heavy atom. The molecule has 1 heterocycles. The first-order valence-electron chi connectivity index (χ1n) is 6.72. The molecular formula is C15H17FIN3O. The molecule has 0 aliphatic rings. The molecule has 1 N–H and O–H groups in total. The van der Waals surface area contributed by atoms with Gasteiger partial charge in [-0.05, 0) is 61.1 Å². The van der Waals surface area contributed by atoms with Crippen molar-refractivity contribution in [1.29, 1.82) is 0 Å². The maximum atomic E-state index is 13.0.